The highest BCUT2D eigenvalue weighted by Gasteiger charge is 2.11. The summed E-state index contributed by atoms with van der Waals surface area (Å²) in [5.41, 5.74) is 7.95. The van der Waals surface area contributed by atoms with Gasteiger partial charge in [0.2, 0.25) is 0 Å². The van der Waals surface area contributed by atoms with Crippen molar-refractivity contribution >= 4 is 17.4 Å². The summed E-state index contributed by atoms with van der Waals surface area (Å²) >= 11 is 6.03. The number of nitrogens with zero attached hydrogens (tertiary/aromatic N) is 2. The van der Waals surface area contributed by atoms with E-state index in [1.807, 2.05) is 13.0 Å². The largest absolute Gasteiger partial charge is 0.496 e. The summed E-state index contributed by atoms with van der Waals surface area (Å²) in [6.45, 7) is 1.93. The Morgan fingerprint density at radius 3 is 2.59 bits per heavy atom. The van der Waals surface area contributed by atoms with E-state index in [1.165, 1.54) is 0 Å². The molecule has 0 radical (unpaired) electrons. The number of methoxy groups -OCH3 is 1. The van der Waals surface area contributed by atoms with Gasteiger partial charge in [-0.15, -0.1) is 10.2 Å². The van der Waals surface area contributed by atoms with E-state index in [0.717, 1.165) is 16.9 Å². The zero-order chi connectivity index (χ0) is 12.4. The molecule has 0 bridgehead atoms. The number of aryl methyl sites for hydroxylation is 1. The van der Waals surface area contributed by atoms with Crippen LogP contribution in [0, 0.1) is 6.92 Å². The third-order valence-corrected chi connectivity index (χ3v) is 2.62. The molecule has 17 heavy (non-hydrogen) atoms. The monoisotopic (exact) mass is 249 g/mol. The average Bonchev–Trinajstić information content (AvgIpc) is 2.29. The summed E-state index contributed by atoms with van der Waals surface area (Å²) in [4.78, 5) is 0. The lowest BCUT2D eigenvalue weighted by Crippen LogP contribution is -1.97. The van der Waals surface area contributed by atoms with Crippen LogP contribution in [-0.2, 0) is 0 Å². The van der Waals surface area contributed by atoms with Gasteiger partial charge in [-0.3, -0.25) is 0 Å². The molecule has 2 N–H and O–H groups in total. The summed E-state index contributed by atoms with van der Waals surface area (Å²) in [5.74, 6) is 1.12. The maximum absolute atomic E-state index is 6.03. The van der Waals surface area contributed by atoms with Crippen LogP contribution in [0.5, 0.6) is 5.75 Å². The molecule has 0 atom stereocenters. The molecule has 2 aromatic rings. The molecule has 1 heterocycles. The lowest BCUT2D eigenvalue weighted by atomic mass is 10.1. The number of hydrogen-bond acceptors (Lipinski definition) is 4. The Balaban J connectivity index is 2.61. The van der Waals surface area contributed by atoms with Crippen molar-refractivity contribution in [1.82, 2.24) is 10.2 Å². The number of aromatic nitrogens is 2. The van der Waals surface area contributed by atoms with Crippen LogP contribution in [0.15, 0.2) is 24.3 Å². The van der Waals surface area contributed by atoms with E-state index in [9.17, 15) is 0 Å². The Kier molecular flexibility index (Phi) is 3.15. The van der Waals surface area contributed by atoms with Gasteiger partial charge in [0, 0.05) is 10.6 Å². The molecule has 0 aliphatic carbocycles. The summed E-state index contributed by atoms with van der Waals surface area (Å²) in [6, 6.07) is 7.12. The average molecular weight is 250 g/mol. The van der Waals surface area contributed by atoms with Crippen molar-refractivity contribution in [1.29, 1.82) is 0 Å². The molecule has 0 spiro atoms. The quantitative estimate of drug-likeness (QED) is 0.889. The van der Waals surface area contributed by atoms with E-state index in [2.05, 4.69) is 10.2 Å². The number of nitrogens with two attached hydrogens (primary N) is 1. The van der Waals surface area contributed by atoms with Gasteiger partial charge in [0.05, 0.1) is 12.8 Å². The SMILES string of the molecule is COc1c(C)cc(Cl)cc1-c1ccc(N)nn1. The van der Waals surface area contributed by atoms with Crippen LogP contribution >= 0.6 is 11.6 Å². The zero-order valence-corrected chi connectivity index (χ0v) is 10.3. The predicted molar refractivity (Wildman–Crippen MR) is 68.2 cm³/mol. The minimum Gasteiger partial charge on any atom is -0.496 e. The van der Waals surface area contributed by atoms with E-state index in [1.54, 1.807) is 25.3 Å². The van der Waals surface area contributed by atoms with E-state index in [0.29, 0.717) is 16.5 Å². The van der Waals surface area contributed by atoms with E-state index in [-0.39, 0.29) is 0 Å². The summed E-state index contributed by atoms with van der Waals surface area (Å²) < 4.78 is 5.36. The van der Waals surface area contributed by atoms with Gasteiger partial charge >= 0.3 is 0 Å². The first-order chi connectivity index (χ1) is 8.11. The highest BCUT2D eigenvalue weighted by molar-refractivity contribution is 6.31. The minimum atomic E-state index is 0.381. The first-order valence-electron chi connectivity index (χ1n) is 5.05. The maximum Gasteiger partial charge on any atom is 0.146 e. The van der Waals surface area contributed by atoms with Crippen molar-refractivity contribution in [3.63, 3.8) is 0 Å². The Labute approximate surface area is 104 Å². The number of ether oxygens (including phenoxy) is 1. The standard InChI is InChI=1S/C12H12ClN3O/c1-7-5-8(13)6-9(12(7)17-2)10-3-4-11(14)16-15-10/h3-6H,1-2H3,(H2,14,16). The van der Waals surface area contributed by atoms with Gasteiger partial charge in [-0.1, -0.05) is 11.6 Å². The minimum absolute atomic E-state index is 0.381. The predicted octanol–water partition coefficient (Wildman–Crippen LogP) is 2.70. The molecule has 88 valence electrons. The number of benzene rings is 1. The molecule has 1 aromatic heterocycles. The van der Waals surface area contributed by atoms with Crippen LogP contribution in [0.3, 0.4) is 0 Å². The lowest BCUT2D eigenvalue weighted by Gasteiger charge is -2.11. The van der Waals surface area contributed by atoms with Gasteiger partial charge in [-0.2, -0.15) is 0 Å². The van der Waals surface area contributed by atoms with Crippen molar-refractivity contribution in [2.75, 3.05) is 12.8 Å². The molecule has 1 aromatic carbocycles. The van der Waals surface area contributed by atoms with Gasteiger partial charge in [0.15, 0.2) is 0 Å². The van der Waals surface area contributed by atoms with Crippen molar-refractivity contribution in [2.24, 2.45) is 0 Å². The fourth-order valence-electron chi connectivity index (χ4n) is 1.68. The van der Waals surface area contributed by atoms with E-state index < -0.39 is 0 Å². The van der Waals surface area contributed by atoms with Crippen LogP contribution in [0.2, 0.25) is 5.02 Å². The number of rotatable bonds is 2. The molecule has 0 aliphatic heterocycles. The van der Waals surface area contributed by atoms with E-state index >= 15 is 0 Å². The molecule has 5 heteroatoms. The van der Waals surface area contributed by atoms with Gasteiger partial charge in [-0.05, 0) is 36.8 Å². The number of nitrogen functional groups attached to an aromatic ring is 1. The van der Waals surface area contributed by atoms with Crippen LogP contribution in [0.4, 0.5) is 5.82 Å². The fourth-order valence-corrected chi connectivity index (χ4v) is 1.95. The molecule has 0 saturated heterocycles. The number of anilines is 1. The van der Waals surface area contributed by atoms with Gasteiger partial charge in [0.1, 0.15) is 11.6 Å². The van der Waals surface area contributed by atoms with Crippen LogP contribution in [0.25, 0.3) is 11.3 Å². The first kappa shape index (κ1) is 11.7. The third kappa shape index (κ3) is 2.31. The molecular formula is C12H12ClN3O. The van der Waals surface area contributed by atoms with Crippen LogP contribution in [0.1, 0.15) is 5.56 Å². The molecule has 4 nitrogen and oxygen atoms in total. The van der Waals surface area contributed by atoms with Crippen molar-refractivity contribution in [3.05, 3.63) is 34.9 Å². The molecule has 0 saturated carbocycles. The second-order valence-corrected chi connectivity index (χ2v) is 4.08. The van der Waals surface area contributed by atoms with Crippen molar-refractivity contribution in [3.8, 4) is 17.0 Å². The Bertz CT molecular complexity index is 540. The first-order valence-corrected chi connectivity index (χ1v) is 5.43. The highest BCUT2D eigenvalue weighted by atomic mass is 35.5. The molecule has 0 fully saturated rings. The summed E-state index contributed by atoms with van der Waals surface area (Å²) in [5, 5.41) is 8.48. The topological polar surface area (TPSA) is 61.0 Å². The smallest absolute Gasteiger partial charge is 0.146 e. The highest BCUT2D eigenvalue weighted by Crippen LogP contribution is 2.34. The van der Waals surface area contributed by atoms with Gasteiger partial charge in [-0.25, -0.2) is 0 Å². The molecule has 0 aliphatic rings. The Hall–Kier alpha value is -1.81. The van der Waals surface area contributed by atoms with Gasteiger partial charge < -0.3 is 10.5 Å². The summed E-state index contributed by atoms with van der Waals surface area (Å²) in [7, 11) is 1.62. The Morgan fingerprint density at radius 2 is 2.00 bits per heavy atom. The normalized spacial score (nSPS) is 10.3. The maximum atomic E-state index is 6.03. The lowest BCUT2D eigenvalue weighted by molar-refractivity contribution is 0.413. The Morgan fingerprint density at radius 1 is 1.24 bits per heavy atom. The van der Waals surface area contributed by atoms with Gasteiger partial charge in [0.25, 0.3) is 0 Å². The molecule has 0 amide bonds. The molecule has 2 rings (SSSR count). The molecular weight excluding hydrogens is 238 g/mol. The number of hydrogen-bond donors (Lipinski definition) is 1. The fraction of sp³-hybridized carbons (Fsp3) is 0.167. The van der Waals surface area contributed by atoms with E-state index in [4.69, 9.17) is 22.1 Å². The second kappa shape index (κ2) is 4.59. The number of halogens is 1. The zero-order valence-electron chi connectivity index (χ0n) is 9.57. The second-order valence-electron chi connectivity index (χ2n) is 3.65. The molecule has 0 unspecified atom stereocenters. The van der Waals surface area contributed by atoms with Crippen LogP contribution < -0.4 is 10.5 Å². The third-order valence-electron chi connectivity index (χ3n) is 2.40. The van der Waals surface area contributed by atoms with Crippen LogP contribution in [-0.4, -0.2) is 17.3 Å². The van der Waals surface area contributed by atoms with Crippen molar-refractivity contribution in [2.45, 2.75) is 6.92 Å². The summed E-state index contributed by atoms with van der Waals surface area (Å²) in [6.07, 6.45) is 0. The van der Waals surface area contributed by atoms with Crippen molar-refractivity contribution < 1.29 is 4.74 Å².